The van der Waals surface area contributed by atoms with Crippen LogP contribution in [0.2, 0.25) is 0 Å². The van der Waals surface area contributed by atoms with E-state index in [-0.39, 0.29) is 11.9 Å². The van der Waals surface area contributed by atoms with Gasteiger partial charge >= 0.3 is 0 Å². The topological polar surface area (TPSA) is 58.4 Å². The van der Waals surface area contributed by atoms with Crippen molar-refractivity contribution < 1.29 is 4.79 Å². The van der Waals surface area contributed by atoms with Gasteiger partial charge in [0, 0.05) is 22.3 Å². The average molecular weight is 345 g/mol. The first-order valence-electron chi connectivity index (χ1n) is 5.73. The van der Waals surface area contributed by atoms with Gasteiger partial charge in [0.25, 0.3) is 0 Å². The van der Waals surface area contributed by atoms with E-state index in [2.05, 4.69) is 32.8 Å². The Labute approximate surface area is 115 Å². The maximum Gasteiger partial charge on any atom is 0.242 e. The Morgan fingerprint density at radius 1 is 1.59 bits per heavy atom. The van der Waals surface area contributed by atoms with Crippen molar-refractivity contribution in [1.82, 2.24) is 5.32 Å². The molecule has 1 fully saturated rings. The average Bonchev–Trinajstić information content (AvgIpc) is 2.29. The number of carbonyl (C=O) groups is 1. The van der Waals surface area contributed by atoms with Crippen molar-refractivity contribution in [2.75, 3.05) is 23.7 Å². The van der Waals surface area contributed by atoms with Crippen LogP contribution in [0.4, 0.5) is 11.4 Å². The zero-order valence-corrected chi connectivity index (χ0v) is 11.9. The van der Waals surface area contributed by atoms with E-state index in [9.17, 15) is 4.79 Å². The Bertz CT molecular complexity index is 436. The van der Waals surface area contributed by atoms with Gasteiger partial charge in [-0.15, -0.1) is 0 Å². The lowest BCUT2D eigenvalue weighted by atomic mass is 10.1. The van der Waals surface area contributed by atoms with Crippen LogP contribution in [0, 0.1) is 3.57 Å². The molecule has 1 heterocycles. The number of halogens is 1. The van der Waals surface area contributed by atoms with E-state index in [1.807, 2.05) is 25.1 Å². The fourth-order valence-corrected chi connectivity index (χ4v) is 3.01. The number of nitrogens with zero attached hydrogens (tertiary/aromatic N) is 1. The summed E-state index contributed by atoms with van der Waals surface area (Å²) in [5.74, 6) is 0.117. The van der Waals surface area contributed by atoms with Crippen molar-refractivity contribution in [2.45, 2.75) is 19.4 Å². The highest BCUT2D eigenvalue weighted by molar-refractivity contribution is 14.1. The predicted octanol–water partition coefficient (Wildman–Crippen LogP) is 1.59. The van der Waals surface area contributed by atoms with E-state index in [4.69, 9.17) is 5.73 Å². The summed E-state index contributed by atoms with van der Waals surface area (Å²) in [6.07, 6.45) is 0.812. The molecule has 5 heteroatoms. The molecule has 1 aliphatic rings. The van der Waals surface area contributed by atoms with Crippen LogP contribution in [0.1, 0.15) is 13.3 Å². The molecule has 1 aliphatic heterocycles. The largest absolute Gasteiger partial charge is 0.399 e. The fraction of sp³-hybridized carbons (Fsp3) is 0.417. The Hall–Kier alpha value is -0.980. The number of hydrogen-bond acceptors (Lipinski definition) is 3. The summed E-state index contributed by atoms with van der Waals surface area (Å²) in [5.41, 5.74) is 7.60. The maximum atomic E-state index is 11.8. The van der Waals surface area contributed by atoms with Crippen LogP contribution >= 0.6 is 22.6 Å². The molecule has 4 nitrogen and oxygen atoms in total. The number of nitrogen functional groups attached to an aromatic ring is 1. The van der Waals surface area contributed by atoms with E-state index in [1.165, 1.54) is 0 Å². The molecule has 0 spiro atoms. The van der Waals surface area contributed by atoms with Gasteiger partial charge in [-0.3, -0.25) is 4.79 Å². The van der Waals surface area contributed by atoms with Gasteiger partial charge < -0.3 is 16.0 Å². The summed E-state index contributed by atoms with van der Waals surface area (Å²) in [6.45, 7) is 3.59. The lowest BCUT2D eigenvalue weighted by Crippen LogP contribution is -2.55. The van der Waals surface area contributed by atoms with Crippen molar-refractivity contribution in [2.24, 2.45) is 0 Å². The molecule has 2 rings (SSSR count). The summed E-state index contributed by atoms with van der Waals surface area (Å²) in [5, 5.41) is 2.91. The summed E-state index contributed by atoms with van der Waals surface area (Å²) in [7, 11) is 0. The van der Waals surface area contributed by atoms with E-state index in [0.717, 1.165) is 27.9 Å². The van der Waals surface area contributed by atoms with Gasteiger partial charge in [0.1, 0.15) is 6.04 Å². The number of nitrogens with one attached hydrogen (secondary N) is 1. The maximum absolute atomic E-state index is 11.8. The molecule has 0 bridgehead atoms. The number of nitrogens with two attached hydrogens (primary N) is 1. The standard InChI is InChI=1S/C12H16IN3O/c1-2-10-12(17)15-5-6-16(10)11-4-3-8(14)7-9(11)13/h3-4,7,10H,2,5-6,14H2,1H3,(H,15,17). The molecule has 1 aromatic rings. The molecule has 3 N–H and O–H groups in total. The highest BCUT2D eigenvalue weighted by Gasteiger charge is 2.29. The lowest BCUT2D eigenvalue weighted by molar-refractivity contribution is -0.123. The van der Waals surface area contributed by atoms with Gasteiger partial charge in [-0.1, -0.05) is 6.92 Å². The van der Waals surface area contributed by atoms with E-state index in [0.29, 0.717) is 6.54 Å². The van der Waals surface area contributed by atoms with Gasteiger partial charge in [0.15, 0.2) is 0 Å². The van der Waals surface area contributed by atoms with E-state index < -0.39 is 0 Å². The number of anilines is 2. The van der Waals surface area contributed by atoms with Crippen LogP contribution in [-0.4, -0.2) is 25.0 Å². The molecular weight excluding hydrogens is 329 g/mol. The van der Waals surface area contributed by atoms with Crippen molar-refractivity contribution in [3.63, 3.8) is 0 Å². The normalized spacial score (nSPS) is 20.2. The van der Waals surface area contributed by atoms with Gasteiger partial charge in [-0.2, -0.15) is 0 Å². The molecule has 0 aliphatic carbocycles. The van der Waals surface area contributed by atoms with Crippen molar-refractivity contribution >= 4 is 39.9 Å². The molecule has 1 atom stereocenters. The smallest absolute Gasteiger partial charge is 0.242 e. The Kier molecular flexibility index (Phi) is 3.76. The third-order valence-electron chi connectivity index (χ3n) is 3.00. The van der Waals surface area contributed by atoms with Crippen LogP contribution in [0.15, 0.2) is 18.2 Å². The van der Waals surface area contributed by atoms with Crippen LogP contribution in [0.5, 0.6) is 0 Å². The zero-order valence-electron chi connectivity index (χ0n) is 9.74. The molecule has 0 radical (unpaired) electrons. The third-order valence-corrected chi connectivity index (χ3v) is 3.86. The number of amides is 1. The molecule has 1 amide bonds. The second kappa shape index (κ2) is 5.12. The minimum Gasteiger partial charge on any atom is -0.399 e. The third kappa shape index (κ3) is 2.48. The highest BCUT2D eigenvalue weighted by Crippen LogP contribution is 2.27. The second-order valence-corrected chi connectivity index (χ2v) is 5.28. The predicted molar refractivity (Wildman–Crippen MR) is 78.0 cm³/mol. The van der Waals surface area contributed by atoms with Crippen molar-refractivity contribution in [1.29, 1.82) is 0 Å². The Morgan fingerprint density at radius 3 is 3.00 bits per heavy atom. The van der Waals surface area contributed by atoms with Crippen LogP contribution in [0.3, 0.4) is 0 Å². The molecule has 0 saturated carbocycles. The quantitative estimate of drug-likeness (QED) is 0.632. The minimum absolute atomic E-state index is 0.0686. The number of hydrogen-bond donors (Lipinski definition) is 2. The van der Waals surface area contributed by atoms with E-state index in [1.54, 1.807) is 0 Å². The van der Waals surface area contributed by atoms with E-state index >= 15 is 0 Å². The first-order chi connectivity index (χ1) is 8.13. The highest BCUT2D eigenvalue weighted by atomic mass is 127. The Balaban J connectivity index is 2.33. The number of benzene rings is 1. The van der Waals surface area contributed by atoms with Gasteiger partial charge in [0.2, 0.25) is 5.91 Å². The van der Waals surface area contributed by atoms with Crippen LogP contribution in [0.25, 0.3) is 0 Å². The number of piperazine rings is 1. The number of carbonyl (C=O) groups excluding carboxylic acids is 1. The van der Waals surface area contributed by atoms with Crippen molar-refractivity contribution in [3.8, 4) is 0 Å². The fourth-order valence-electron chi connectivity index (χ4n) is 2.16. The SMILES string of the molecule is CCC1C(=O)NCCN1c1ccc(N)cc1I. The van der Waals surface area contributed by atoms with Crippen molar-refractivity contribution in [3.05, 3.63) is 21.8 Å². The first-order valence-corrected chi connectivity index (χ1v) is 6.80. The Morgan fingerprint density at radius 2 is 2.35 bits per heavy atom. The molecule has 17 heavy (non-hydrogen) atoms. The summed E-state index contributed by atoms with van der Waals surface area (Å²) >= 11 is 2.27. The van der Waals surface area contributed by atoms with Gasteiger partial charge in [-0.05, 0) is 47.2 Å². The second-order valence-electron chi connectivity index (χ2n) is 4.12. The molecular formula is C12H16IN3O. The lowest BCUT2D eigenvalue weighted by Gasteiger charge is -2.36. The first kappa shape index (κ1) is 12.5. The van der Waals surface area contributed by atoms with Gasteiger partial charge in [0.05, 0.1) is 5.69 Å². The summed E-state index contributed by atoms with van der Waals surface area (Å²) in [6, 6.07) is 5.76. The monoisotopic (exact) mass is 345 g/mol. The molecule has 1 saturated heterocycles. The summed E-state index contributed by atoms with van der Waals surface area (Å²) in [4.78, 5) is 14.0. The molecule has 92 valence electrons. The zero-order chi connectivity index (χ0) is 12.4. The van der Waals surface area contributed by atoms with Crippen LogP contribution in [-0.2, 0) is 4.79 Å². The van der Waals surface area contributed by atoms with Gasteiger partial charge in [-0.25, -0.2) is 0 Å². The molecule has 1 aromatic carbocycles. The number of rotatable bonds is 2. The minimum atomic E-state index is -0.0686. The summed E-state index contributed by atoms with van der Waals surface area (Å²) < 4.78 is 1.09. The van der Waals surface area contributed by atoms with Crippen LogP contribution < -0.4 is 16.0 Å². The molecule has 0 aromatic heterocycles. The molecule has 1 unspecified atom stereocenters.